The molecule has 1 aromatic rings. The fourth-order valence-corrected chi connectivity index (χ4v) is 1.51. The molecule has 0 bridgehead atoms. The Balaban J connectivity index is 2.68. The third-order valence-electron chi connectivity index (χ3n) is 1.56. The largest absolute Gasteiger partial charge is 0.351 e. The number of hydrogen-bond donors (Lipinski definition) is 1. The zero-order valence-electron chi connectivity index (χ0n) is 7.96. The van der Waals surface area contributed by atoms with Crippen LogP contribution in [0, 0.1) is 0 Å². The van der Waals surface area contributed by atoms with Crippen molar-refractivity contribution >= 4 is 40.9 Å². The third-order valence-corrected chi connectivity index (χ3v) is 2.63. The number of hydrogen-bond acceptors (Lipinski definition) is 4. The van der Waals surface area contributed by atoms with E-state index in [0.29, 0.717) is 6.54 Å². The molecule has 0 aromatic carbocycles. The first-order valence-corrected chi connectivity index (χ1v) is 6.26. The van der Waals surface area contributed by atoms with Crippen molar-refractivity contribution in [2.75, 3.05) is 18.6 Å². The van der Waals surface area contributed by atoms with Crippen molar-refractivity contribution < 1.29 is 4.79 Å². The van der Waals surface area contributed by atoms with Gasteiger partial charge in [-0.25, -0.2) is 0 Å². The summed E-state index contributed by atoms with van der Waals surface area (Å²) in [5.74, 6) is 0.557. The van der Waals surface area contributed by atoms with Gasteiger partial charge in [0.25, 0.3) is 5.91 Å². The van der Waals surface area contributed by atoms with E-state index < -0.39 is 0 Å². The molecule has 0 spiro atoms. The molecular weight excluding hydrogens is 257 g/mol. The van der Waals surface area contributed by atoms with Crippen LogP contribution in [0.1, 0.15) is 10.4 Å². The molecule has 1 rings (SSSR count). The summed E-state index contributed by atoms with van der Waals surface area (Å²) >= 11 is 13.0. The van der Waals surface area contributed by atoms with Crippen LogP contribution in [-0.2, 0) is 0 Å². The molecule has 1 N–H and O–H groups in total. The molecule has 0 radical (unpaired) electrons. The van der Waals surface area contributed by atoms with Crippen LogP contribution in [0.3, 0.4) is 0 Å². The summed E-state index contributed by atoms with van der Waals surface area (Å²) in [6.45, 7) is 0.580. The minimum Gasteiger partial charge on any atom is -0.351 e. The second-order valence-corrected chi connectivity index (χ2v) is 4.35. The van der Waals surface area contributed by atoms with Crippen molar-refractivity contribution in [1.29, 1.82) is 0 Å². The predicted molar refractivity (Wildman–Crippen MR) is 62.8 cm³/mol. The van der Waals surface area contributed by atoms with Crippen LogP contribution in [-0.4, -0.2) is 34.7 Å². The molecule has 0 aliphatic rings. The zero-order chi connectivity index (χ0) is 11.3. The van der Waals surface area contributed by atoms with Gasteiger partial charge in [-0.2, -0.15) is 11.8 Å². The number of aromatic nitrogens is 2. The van der Waals surface area contributed by atoms with Gasteiger partial charge in [-0.05, 0) is 12.3 Å². The van der Waals surface area contributed by atoms with E-state index in [2.05, 4.69) is 15.5 Å². The minimum absolute atomic E-state index is 0.0565. The van der Waals surface area contributed by atoms with Crippen molar-refractivity contribution in [2.24, 2.45) is 0 Å². The van der Waals surface area contributed by atoms with Crippen LogP contribution in [0.4, 0.5) is 0 Å². The van der Waals surface area contributed by atoms with E-state index >= 15 is 0 Å². The lowest BCUT2D eigenvalue weighted by molar-refractivity contribution is 0.0956. The second kappa shape index (κ2) is 6.15. The number of amides is 1. The van der Waals surface area contributed by atoms with E-state index in [1.807, 2.05) is 6.26 Å². The van der Waals surface area contributed by atoms with Crippen molar-refractivity contribution in [3.05, 3.63) is 21.9 Å². The maximum Gasteiger partial charge on any atom is 0.254 e. The van der Waals surface area contributed by atoms with Crippen molar-refractivity contribution in [3.63, 3.8) is 0 Å². The Morgan fingerprint density at radius 1 is 1.53 bits per heavy atom. The Kier molecular flexibility index (Phi) is 5.14. The van der Waals surface area contributed by atoms with Gasteiger partial charge >= 0.3 is 0 Å². The quantitative estimate of drug-likeness (QED) is 0.845. The molecule has 0 aliphatic heterocycles. The number of nitrogens with one attached hydrogen (secondary N) is 1. The molecule has 0 aliphatic carbocycles. The van der Waals surface area contributed by atoms with E-state index in [1.165, 1.54) is 6.07 Å². The van der Waals surface area contributed by atoms with E-state index in [1.54, 1.807) is 11.8 Å². The summed E-state index contributed by atoms with van der Waals surface area (Å²) in [6, 6.07) is 1.39. The van der Waals surface area contributed by atoms with Gasteiger partial charge in [0.1, 0.15) is 0 Å². The Hall–Kier alpha value is -0.520. The number of nitrogens with zero attached hydrogens (tertiary/aromatic N) is 2. The summed E-state index contributed by atoms with van der Waals surface area (Å²) in [5.41, 5.74) is 0.248. The van der Waals surface area contributed by atoms with E-state index in [4.69, 9.17) is 23.2 Å². The smallest absolute Gasteiger partial charge is 0.254 e. The van der Waals surface area contributed by atoms with Gasteiger partial charge in [-0.3, -0.25) is 4.79 Å². The summed E-state index contributed by atoms with van der Waals surface area (Å²) in [6.07, 6.45) is 1.96. The molecule has 0 atom stereocenters. The van der Waals surface area contributed by atoms with Crippen LogP contribution < -0.4 is 5.32 Å². The van der Waals surface area contributed by atoms with Gasteiger partial charge in [0.05, 0.1) is 5.56 Å². The van der Waals surface area contributed by atoms with E-state index in [9.17, 15) is 4.79 Å². The summed E-state index contributed by atoms with van der Waals surface area (Å²) in [4.78, 5) is 11.6. The van der Waals surface area contributed by atoms with Crippen molar-refractivity contribution in [1.82, 2.24) is 15.5 Å². The lowest BCUT2D eigenvalue weighted by Crippen LogP contribution is -2.26. The van der Waals surface area contributed by atoms with Gasteiger partial charge in [-0.1, -0.05) is 23.2 Å². The molecule has 0 unspecified atom stereocenters. The van der Waals surface area contributed by atoms with Gasteiger partial charge in [0.15, 0.2) is 10.3 Å². The Morgan fingerprint density at radius 3 is 2.93 bits per heavy atom. The first-order valence-electron chi connectivity index (χ1n) is 4.11. The summed E-state index contributed by atoms with van der Waals surface area (Å²) in [5, 5.41) is 9.96. The second-order valence-electron chi connectivity index (χ2n) is 2.62. The average molecular weight is 266 g/mol. The number of thioether (sulfide) groups is 1. The highest BCUT2D eigenvalue weighted by Crippen LogP contribution is 2.14. The summed E-state index contributed by atoms with van der Waals surface area (Å²) in [7, 11) is 0. The molecule has 82 valence electrons. The fraction of sp³-hybridized carbons (Fsp3) is 0.375. The normalized spacial score (nSPS) is 10.1. The van der Waals surface area contributed by atoms with Gasteiger partial charge in [0, 0.05) is 12.3 Å². The average Bonchev–Trinajstić information content (AvgIpc) is 2.22. The number of rotatable bonds is 4. The highest BCUT2D eigenvalue weighted by atomic mass is 35.5. The van der Waals surface area contributed by atoms with E-state index in [-0.39, 0.29) is 21.8 Å². The highest BCUT2D eigenvalue weighted by Gasteiger charge is 2.12. The minimum atomic E-state index is -0.286. The number of carbonyl (C=O) groups is 1. The van der Waals surface area contributed by atoms with E-state index in [0.717, 1.165) is 5.75 Å². The third kappa shape index (κ3) is 3.85. The molecule has 1 amide bonds. The molecule has 4 nitrogen and oxygen atoms in total. The highest BCUT2D eigenvalue weighted by molar-refractivity contribution is 7.98. The Bertz CT molecular complexity index is 362. The van der Waals surface area contributed by atoms with Crippen LogP contribution in [0.5, 0.6) is 0 Å². The van der Waals surface area contributed by atoms with Crippen molar-refractivity contribution in [3.8, 4) is 0 Å². The van der Waals surface area contributed by atoms with Gasteiger partial charge < -0.3 is 5.32 Å². The lowest BCUT2D eigenvalue weighted by Gasteiger charge is -2.04. The first-order chi connectivity index (χ1) is 7.15. The first kappa shape index (κ1) is 12.5. The number of carbonyl (C=O) groups excluding carboxylic acids is 1. The lowest BCUT2D eigenvalue weighted by atomic mass is 10.3. The SMILES string of the molecule is CSCCNC(=O)c1cc(Cl)nnc1Cl. The zero-order valence-corrected chi connectivity index (χ0v) is 10.3. The molecule has 15 heavy (non-hydrogen) atoms. The topological polar surface area (TPSA) is 54.9 Å². The summed E-state index contributed by atoms with van der Waals surface area (Å²) < 4.78 is 0. The monoisotopic (exact) mass is 265 g/mol. The molecule has 1 heterocycles. The van der Waals surface area contributed by atoms with Crippen molar-refractivity contribution in [2.45, 2.75) is 0 Å². The molecule has 0 saturated carbocycles. The number of halogens is 2. The standard InChI is InChI=1S/C8H9Cl2N3OS/c1-15-3-2-11-8(14)5-4-6(9)12-13-7(5)10/h4H,2-3H2,1H3,(H,11,14). The maximum atomic E-state index is 11.6. The Morgan fingerprint density at radius 2 is 2.27 bits per heavy atom. The molecule has 1 aromatic heterocycles. The molecule has 0 saturated heterocycles. The molecular formula is C8H9Cl2N3OS. The molecule has 0 fully saturated rings. The Labute approximate surface area is 102 Å². The van der Waals surface area contributed by atoms with Crippen LogP contribution in [0.15, 0.2) is 6.07 Å². The van der Waals surface area contributed by atoms with Gasteiger partial charge in [0.2, 0.25) is 0 Å². The van der Waals surface area contributed by atoms with Crippen LogP contribution >= 0.6 is 35.0 Å². The predicted octanol–water partition coefficient (Wildman–Crippen LogP) is 1.88. The van der Waals surface area contributed by atoms with Crippen LogP contribution in [0.25, 0.3) is 0 Å². The van der Waals surface area contributed by atoms with Gasteiger partial charge in [-0.15, -0.1) is 10.2 Å². The fourth-order valence-electron chi connectivity index (χ4n) is 0.874. The maximum absolute atomic E-state index is 11.6. The molecule has 7 heteroatoms. The van der Waals surface area contributed by atoms with Crippen LogP contribution in [0.2, 0.25) is 10.3 Å².